The summed E-state index contributed by atoms with van der Waals surface area (Å²) in [5, 5.41) is 11.0. The number of aromatic nitrogens is 4. The molecule has 3 aromatic heterocycles. The van der Waals surface area contributed by atoms with Crippen molar-refractivity contribution in [3.8, 4) is 0 Å². The number of nitrogens with zero attached hydrogens (tertiary/aromatic N) is 5. The lowest BCUT2D eigenvalue weighted by molar-refractivity contribution is -0.120. The van der Waals surface area contributed by atoms with Gasteiger partial charge in [-0.25, -0.2) is 8.42 Å². The molecule has 0 aliphatic carbocycles. The number of carbonyl (C=O) groups is 1. The molecule has 1 aliphatic heterocycles. The highest BCUT2D eigenvalue weighted by Gasteiger charge is 2.36. The van der Waals surface area contributed by atoms with Gasteiger partial charge in [0.05, 0.1) is 5.92 Å². The fourth-order valence-corrected chi connectivity index (χ4v) is 5.74. The Bertz CT molecular complexity index is 1170. The normalized spacial score (nSPS) is 17.4. The van der Waals surface area contributed by atoms with E-state index < -0.39 is 15.9 Å². The number of amides is 1. The molecule has 4 rings (SSSR count). The minimum Gasteiger partial charge on any atom is -0.360 e. The summed E-state index contributed by atoms with van der Waals surface area (Å²) in [6.07, 6.45) is 7.33. The number of nitrogens with one attached hydrogen (secondary N) is 1. The summed E-state index contributed by atoms with van der Waals surface area (Å²) in [7, 11) is -3.78. The first-order chi connectivity index (χ1) is 15.3. The van der Waals surface area contributed by atoms with Crippen LogP contribution in [-0.4, -0.2) is 51.6 Å². The number of sulfonamides is 1. The average molecular weight is 459 g/mol. The van der Waals surface area contributed by atoms with E-state index >= 15 is 0 Å². The molecule has 0 aromatic carbocycles. The van der Waals surface area contributed by atoms with Crippen molar-refractivity contribution in [2.24, 2.45) is 5.92 Å². The van der Waals surface area contributed by atoms with Crippen LogP contribution in [-0.2, 0) is 27.8 Å². The van der Waals surface area contributed by atoms with Crippen LogP contribution in [0.5, 0.6) is 0 Å². The Morgan fingerprint density at radius 1 is 1.25 bits per heavy atom. The second-order valence-corrected chi connectivity index (χ2v) is 9.79. The molecule has 1 fully saturated rings. The van der Waals surface area contributed by atoms with Crippen LogP contribution >= 0.6 is 0 Å². The maximum atomic E-state index is 13.1. The summed E-state index contributed by atoms with van der Waals surface area (Å²) in [4.78, 5) is 16.9. The number of anilines is 1. The molecule has 0 bridgehead atoms. The Kier molecular flexibility index (Phi) is 6.38. The second kappa shape index (κ2) is 9.21. The van der Waals surface area contributed by atoms with Gasteiger partial charge in [-0.1, -0.05) is 5.16 Å². The molecule has 0 spiro atoms. The van der Waals surface area contributed by atoms with E-state index in [0.29, 0.717) is 37.4 Å². The van der Waals surface area contributed by atoms with Crippen molar-refractivity contribution in [2.75, 3.05) is 18.4 Å². The van der Waals surface area contributed by atoms with Crippen LogP contribution in [0, 0.1) is 19.8 Å². The summed E-state index contributed by atoms with van der Waals surface area (Å²) >= 11 is 0. The number of carbonyl (C=O) groups excluding carboxylic acids is 1. The molecule has 32 heavy (non-hydrogen) atoms. The number of rotatable bonds is 7. The predicted octanol–water partition coefficient (Wildman–Crippen LogP) is 2.17. The highest BCUT2D eigenvalue weighted by molar-refractivity contribution is 7.89. The average Bonchev–Trinajstić information content (AvgIpc) is 3.38. The topological polar surface area (TPSA) is 123 Å². The van der Waals surface area contributed by atoms with Gasteiger partial charge in [-0.3, -0.25) is 14.5 Å². The van der Waals surface area contributed by atoms with E-state index in [2.05, 4.69) is 20.6 Å². The minimum atomic E-state index is -3.78. The maximum Gasteiger partial charge on any atom is 0.248 e. The lowest BCUT2D eigenvalue weighted by Gasteiger charge is -2.30. The smallest absolute Gasteiger partial charge is 0.248 e. The highest BCUT2D eigenvalue weighted by Crippen LogP contribution is 2.28. The zero-order valence-corrected chi connectivity index (χ0v) is 18.9. The lowest BCUT2D eigenvalue weighted by Crippen LogP contribution is -2.44. The van der Waals surface area contributed by atoms with E-state index in [-0.39, 0.29) is 23.1 Å². The number of hydrogen-bond acceptors (Lipinski definition) is 7. The van der Waals surface area contributed by atoms with Crippen LogP contribution in [0.3, 0.4) is 0 Å². The Morgan fingerprint density at radius 2 is 2.03 bits per heavy atom. The van der Waals surface area contributed by atoms with Gasteiger partial charge in [-0.05, 0) is 50.8 Å². The van der Waals surface area contributed by atoms with Gasteiger partial charge in [-0.2, -0.15) is 9.40 Å². The van der Waals surface area contributed by atoms with Gasteiger partial charge < -0.3 is 9.84 Å². The fraction of sp³-hybridized carbons (Fsp3) is 0.429. The minimum absolute atomic E-state index is 0.0894. The van der Waals surface area contributed by atoms with Crippen LogP contribution in [0.2, 0.25) is 0 Å². The quantitative estimate of drug-likeness (QED) is 0.575. The van der Waals surface area contributed by atoms with Gasteiger partial charge in [0.2, 0.25) is 15.9 Å². The number of hydrogen-bond donors (Lipinski definition) is 1. The van der Waals surface area contributed by atoms with Gasteiger partial charge in [0.1, 0.15) is 10.6 Å². The fourth-order valence-electron chi connectivity index (χ4n) is 3.92. The SMILES string of the molecule is Cc1noc(C)c1S(=O)(=O)N1CCCC(C(=O)Nc2ccn(CCc3ccncc3)n2)C1. The number of aryl methyl sites for hydroxylation is 4. The van der Waals surface area contributed by atoms with E-state index in [1.807, 2.05) is 18.3 Å². The van der Waals surface area contributed by atoms with Gasteiger partial charge in [0, 0.05) is 44.3 Å². The van der Waals surface area contributed by atoms with Crippen molar-refractivity contribution < 1.29 is 17.7 Å². The molecule has 10 nitrogen and oxygen atoms in total. The van der Waals surface area contributed by atoms with Crippen LogP contribution in [0.15, 0.2) is 46.2 Å². The van der Waals surface area contributed by atoms with E-state index in [0.717, 1.165) is 12.0 Å². The number of pyridine rings is 1. The van der Waals surface area contributed by atoms with Crippen LogP contribution < -0.4 is 5.32 Å². The third-order valence-electron chi connectivity index (χ3n) is 5.59. The van der Waals surface area contributed by atoms with Crippen molar-refractivity contribution in [3.05, 3.63) is 53.8 Å². The molecular weight excluding hydrogens is 432 g/mol. The molecule has 11 heteroatoms. The Morgan fingerprint density at radius 3 is 2.75 bits per heavy atom. The molecule has 0 saturated carbocycles. The molecule has 4 heterocycles. The third-order valence-corrected chi connectivity index (χ3v) is 7.70. The first-order valence-corrected chi connectivity index (χ1v) is 11.9. The van der Waals surface area contributed by atoms with Gasteiger partial charge in [0.15, 0.2) is 11.6 Å². The van der Waals surface area contributed by atoms with Gasteiger partial charge in [0.25, 0.3) is 0 Å². The molecule has 1 atom stereocenters. The maximum absolute atomic E-state index is 13.1. The number of piperidine rings is 1. The van der Waals surface area contributed by atoms with E-state index in [1.165, 1.54) is 4.31 Å². The largest absolute Gasteiger partial charge is 0.360 e. The summed E-state index contributed by atoms with van der Waals surface area (Å²) in [6.45, 7) is 4.32. The van der Waals surface area contributed by atoms with Crippen LogP contribution in [0.4, 0.5) is 5.82 Å². The van der Waals surface area contributed by atoms with Crippen molar-refractivity contribution >= 4 is 21.7 Å². The lowest BCUT2D eigenvalue weighted by atomic mass is 9.99. The van der Waals surface area contributed by atoms with E-state index in [9.17, 15) is 13.2 Å². The first-order valence-electron chi connectivity index (χ1n) is 10.5. The van der Waals surface area contributed by atoms with Crippen molar-refractivity contribution in [2.45, 2.75) is 44.6 Å². The Hall–Kier alpha value is -3.05. The molecule has 170 valence electrons. The van der Waals surface area contributed by atoms with Crippen molar-refractivity contribution in [3.63, 3.8) is 0 Å². The Labute approximate surface area is 186 Å². The molecule has 1 aliphatic rings. The summed E-state index contributed by atoms with van der Waals surface area (Å²) < 4.78 is 34.3. The van der Waals surface area contributed by atoms with Gasteiger partial charge in [-0.15, -0.1) is 0 Å². The first kappa shape index (κ1) is 22.2. The van der Waals surface area contributed by atoms with E-state index in [1.54, 1.807) is 37.0 Å². The summed E-state index contributed by atoms with van der Waals surface area (Å²) in [5.41, 5.74) is 1.48. The molecule has 1 amide bonds. The third kappa shape index (κ3) is 4.73. The molecule has 1 unspecified atom stereocenters. The molecule has 3 aromatic rings. The highest BCUT2D eigenvalue weighted by atomic mass is 32.2. The zero-order chi connectivity index (χ0) is 22.7. The van der Waals surface area contributed by atoms with Crippen LogP contribution in [0.1, 0.15) is 29.9 Å². The monoisotopic (exact) mass is 458 g/mol. The summed E-state index contributed by atoms with van der Waals surface area (Å²) in [5.74, 6) is 0.0193. The zero-order valence-electron chi connectivity index (χ0n) is 18.1. The Balaban J connectivity index is 1.37. The standard InChI is InChI=1S/C21H26N6O4S/c1-15-20(16(2)31-25-15)32(29,30)27-11-3-4-18(14-27)21(28)23-19-8-13-26(24-19)12-7-17-5-9-22-10-6-17/h5-6,8-10,13,18H,3-4,7,11-12,14H2,1-2H3,(H,23,24,28). The van der Waals surface area contributed by atoms with Crippen molar-refractivity contribution in [1.29, 1.82) is 0 Å². The predicted molar refractivity (Wildman–Crippen MR) is 116 cm³/mol. The van der Waals surface area contributed by atoms with Crippen molar-refractivity contribution in [1.82, 2.24) is 24.2 Å². The molecular formula is C21H26N6O4S. The second-order valence-electron chi connectivity index (χ2n) is 7.91. The molecule has 1 saturated heterocycles. The van der Waals surface area contributed by atoms with Crippen LogP contribution in [0.25, 0.3) is 0 Å². The summed E-state index contributed by atoms with van der Waals surface area (Å²) in [6, 6.07) is 5.65. The molecule has 0 radical (unpaired) electrons. The van der Waals surface area contributed by atoms with Gasteiger partial charge >= 0.3 is 0 Å². The molecule has 1 N–H and O–H groups in total. The van der Waals surface area contributed by atoms with E-state index in [4.69, 9.17) is 4.52 Å².